The first-order valence-electron chi connectivity index (χ1n) is 14.5. The number of rotatable bonds is 16. The third-order valence-corrected chi connectivity index (χ3v) is 7.26. The number of fused-ring (bicyclic) bond motifs is 1. The van der Waals surface area contributed by atoms with Gasteiger partial charge in [0.25, 0.3) is 5.56 Å². The number of carbonyl (C=O) groups excluding carboxylic acids is 1. The van der Waals surface area contributed by atoms with Crippen LogP contribution in [0.1, 0.15) is 103 Å². The first kappa shape index (κ1) is 29.4. The summed E-state index contributed by atoms with van der Waals surface area (Å²) in [5.41, 5.74) is 1.14. The van der Waals surface area contributed by atoms with Gasteiger partial charge in [-0.25, -0.2) is 4.98 Å². The molecule has 0 aliphatic rings. The second-order valence-electron chi connectivity index (χ2n) is 10.0. The van der Waals surface area contributed by atoms with Crippen molar-refractivity contribution in [2.45, 2.75) is 97.4 Å². The van der Waals surface area contributed by atoms with E-state index >= 15 is 0 Å². The fourth-order valence-electron chi connectivity index (χ4n) is 5.15. The lowest BCUT2D eigenvalue weighted by atomic mass is 10.1. The maximum Gasteiger partial charge on any atom is 0.266 e. The lowest BCUT2D eigenvalue weighted by Gasteiger charge is -2.33. The van der Waals surface area contributed by atoms with E-state index in [9.17, 15) is 9.59 Å². The second kappa shape index (κ2) is 15.3. The Morgan fingerprint density at radius 2 is 1.55 bits per heavy atom. The van der Waals surface area contributed by atoms with Crippen molar-refractivity contribution in [3.8, 4) is 11.4 Å². The Balaban J connectivity index is 2.06. The highest BCUT2D eigenvalue weighted by atomic mass is 16.5. The molecule has 38 heavy (non-hydrogen) atoms. The van der Waals surface area contributed by atoms with E-state index in [1.165, 1.54) is 25.7 Å². The smallest absolute Gasteiger partial charge is 0.266 e. The molecule has 1 amide bonds. The molecule has 2 aromatic carbocycles. The average molecular weight is 520 g/mol. The van der Waals surface area contributed by atoms with E-state index in [1.807, 2.05) is 53.4 Å². The molecule has 0 aliphatic carbocycles. The topological polar surface area (TPSA) is 64.4 Å². The van der Waals surface area contributed by atoms with Gasteiger partial charge in [0.1, 0.15) is 11.6 Å². The fourth-order valence-corrected chi connectivity index (χ4v) is 5.15. The summed E-state index contributed by atoms with van der Waals surface area (Å²) in [7, 11) is 1.61. The van der Waals surface area contributed by atoms with Crippen LogP contribution in [0.5, 0.6) is 5.75 Å². The van der Waals surface area contributed by atoms with Crippen molar-refractivity contribution in [1.29, 1.82) is 0 Å². The van der Waals surface area contributed by atoms with E-state index in [4.69, 9.17) is 9.72 Å². The summed E-state index contributed by atoms with van der Waals surface area (Å²) >= 11 is 0. The van der Waals surface area contributed by atoms with Crippen molar-refractivity contribution in [1.82, 2.24) is 14.5 Å². The number of benzene rings is 2. The number of nitrogens with zero attached hydrogens (tertiary/aromatic N) is 3. The van der Waals surface area contributed by atoms with Gasteiger partial charge >= 0.3 is 0 Å². The highest BCUT2D eigenvalue weighted by Crippen LogP contribution is 2.30. The van der Waals surface area contributed by atoms with Gasteiger partial charge in [0.15, 0.2) is 0 Å². The summed E-state index contributed by atoms with van der Waals surface area (Å²) in [5, 5.41) is 0.549. The van der Waals surface area contributed by atoms with E-state index in [2.05, 4.69) is 20.8 Å². The van der Waals surface area contributed by atoms with Crippen molar-refractivity contribution in [3.05, 3.63) is 64.7 Å². The Morgan fingerprint density at radius 3 is 2.29 bits per heavy atom. The van der Waals surface area contributed by atoms with E-state index in [-0.39, 0.29) is 17.5 Å². The maximum absolute atomic E-state index is 14.0. The van der Waals surface area contributed by atoms with Gasteiger partial charge in [-0.15, -0.1) is 0 Å². The first-order chi connectivity index (χ1) is 18.6. The Labute approximate surface area is 228 Å². The van der Waals surface area contributed by atoms with E-state index < -0.39 is 0 Å². The highest BCUT2D eigenvalue weighted by molar-refractivity contribution is 5.79. The van der Waals surface area contributed by atoms with Crippen LogP contribution in [-0.4, -0.2) is 34.0 Å². The number of amides is 1. The number of hydrogen-bond donors (Lipinski definition) is 0. The van der Waals surface area contributed by atoms with Crippen LogP contribution >= 0.6 is 0 Å². The minimum absolute atomic E-state index is 0.148. The molecule has 0 fully saturated rings. The molecule has 1 atom stereocenters. The van der Waals surface area contributed by atoms with Gasteiger partial charge in [-0.2, -0.15) is 0 Å². The van der Waals surface area contributed by atoms with Crippen LogP contribution in [-0.2, 0) is 4.79 Å². The molecule has 1 unspecified atom stereocenters. The summed E-state index contributed by atoms with van der Waals surface area (Å²) < 4.78 is 7.31. The zero-order chi connectivity index (χ0) is 27.3. The van der Waals surface area contributed by atoms with E-state index in [1.54, 1.807) is 11.7 Å². The van der Waals surface area contributed by atoms with Gasteiger partial charge in [-0.3, -0.25) is 14.2 Å². The van der Waals surface area contributed by atoms with Crippen LogP contribution < -0.4 is 10.3 Å². The molecule has 206 valence electrons. The quantitative estimate of drug-likeness (QED) is 0.183. The predicted octanol–water partition coefficient (Wildman–Crippen LogP) is 7.61. The second-order valence-corrected chi connectivity index (χ2v) is 10.0. The van der Waals surface area contributed by atoms with E-state index in [0.717, 1.165) is 32.1 Å². The minimum Gasteiger partial charge on any atom is -0.495 e. The Morgan fingerprint density at radius 1 is 0.895 bits per heavy atom. The number of carbonyl (C=O) groups is 1. The first-order valence-corrected chi connectivity index (χ1v) is 14.5. The van der Waals surface area contributed by atoms with Crippen molar-refractivity contribution >= 4 is 16.8 Å². The number of aromatic nitrogens is 2. The summed E-state index contributed by atoms with van der Waals surface area (Å²) in [6.45, 7) is 7.12. The standard InChI is InChI=1S/C32H45N3O3/c1-5-8-10-11-12-13-23-30(36)34(24-18-9-6-2)27(7-3)31-33-26-20-15-14-19-25(26)32(37)35(31)28-21-16-17-22-29(28)38-4/h14-17,19-22,27H,5-13,18,23-24H2,1-4H3. The number of unbranched alkanes of at least 4 members (excludes halogenated alkanes) is 7. The monoisotopic (exact) mass is 519 g/mol. The third-order valence-electron chi connectivity index (χ3n) is 7.26. The fraction of sp³-hybridized carbons (Fsp3) is 0.531. The number of ether oxygens (including phenoxy) is 1. The molecule has 3 rings (SSSR count). The maximum atomic E-state index is 14.0. The SMILES string of the molecule is CCCCCCCCC(=O)N(CCCCC)C(CC)c1nc2ccccc2c(=O)n1-c1ccccc1OC. The lowest BCUT2D eigenvalue weighted by molar-refractivity contribution is -0.134. The third kappa shape index (κ3) is 7.24. The number of para-hydroxylation sites is 3. The molecule has 6 nitrogen and oxygen atoms in total. The molecule has 0 bridgehead atoms. The molecule has 0 spiro atoms. The molecule has 0 N–H and O–H groups in total. The van der Waals surface area contributed by atoms with Gasteiger partial charge in [-0.1, -0.05) is 90.0 Å². The van der Waals surface area contributed by atoms with Crippen LogP contribution in [0, 0.1) is 0 Å². The van der Waals surface area contributed by atoms with Gasteiger partial charge in [-0.05, 0) is 43.5 Å². The van der Waals surface area contributed by atoms with Crippen LogP contribution in [0.25, 0.3) is 16.6 Å². The van der Waals surface area contributed by atoms with Crippen molar-refractivity contribution in [2.24, 2.45) is 0 Å². The predicted molar refractivity (Wildman–Crippen MR) is 156 cm³/mol. The molecule has 1 aromatic heterocycles. The van der Waals surface area contributed by atoms with Crippen LogP contribution in [0.4, 0.5) is 0 Å². The van der Waals surface area contributed by atoms with Crippen molar-refractivity contribution in [3.63, 3.8) is 0 Å². The molecular formula is C32H45N3O3. The summed E-state index contributed by atoms with van der Waals surface area (Å²) in [5.74, 6) is 1.34. The molecular weight excluding hydrogens is 474 g/mol. The normalized spacial score (nSPS) is 12.0. The molecule has 3 aromatic rings. The lowest BCUT2D eigenvalue weighted by Crippen LogP contribution is -2.39. The molecule has 0 saturated heterocycles. The highest BCUT2D eigenvalue weighted by Gasteiger charge is 2.29. The van der Waals surface area contributed by atoms with Gasteiger partial charge in [0.2, 0.25) is 5.91 Å². The van der Waals surface area contributed by atoms with Crippen LogP contribution in [0.3, 0.4) is 0 Å². The van der Waals surface area contributed by atoms with Gasteiger partial charge < -0.3 is 9.64 Å². The minimum atomic E-state index is -0.318. The molecule has 1 heterocycles. The Hall–Kier alpha value is -3.15. The zero-order valence-electron chi connectivity index (χ0n) is 23.7. The largest absolute Gasteiger partial charge is 0.495 e. The number of methoxy groups -OCH3 is 1. The molecule has 0 aliphatic heterocycles. The van der Waals surface area contributed by atoms with Crippen LogP contribution in [0.2, 0.25) is 0 Å². The van der Waals surface area contributed by atoms with Gasteiger partial charge in [0.05, 0.1) is 29.7 Å². The van der Waals surface area contributed by atoms with Crippen molar-refractivity contribution < 1.29 is 9.53 Å². The van der Waals surface area contributed by atoms with Gasteiger partial charge in [0, 0.05) is 13.0 Å². The summed E-state index contributed by atoms with van der Waals surface area (Å²) in [4.78, 5) is 34.7. The summed E-state index contributed by atoms with van der Waals surface area (Å²) in [6, 6.07) is 14.6. The Kier molecular flexibility index (Phi) is 11.8. The van der Waals surface area contributed by atoms with Crippen molar-refractivity contribution in [2.75, 3.05) is 13.7 Å². The Bertz CT molecular complexity index is 1220. The molecule has 0 radical (unpaired) electrons. The summed E-state index contributed by atoms with van der Waals surface area (Å²) in [6.07, 6.45) is 11.1. The zero-order valence-corrected chi connectivity index (χ0v) is 23.7. The molecule has 6 heteroatoms. The van der Waals surface area contributed by atoms with E-state index in [0.29, 0.717) is 47.6 Å². The molecule has 0 saturated carbocycles. The average Bonchev–Trinajstić information content (AvgIpc) is 2.94. The van der Waals surface area contributed by atoms with Crippen LogP contribution in [0.15, 0.2) is 53.3 Å². The number of hydrogen-bond acceptors (Lipinski definition) is 4.